The predicted octanol–water partition coefficient (Wildman–Crippen LogP) is 3.24. The first-order valence-corrected chi connectivity index (χ1v) is 4.80. The van der Waals surface area contributed by atoms with Gasteiger partial charge in [-0.25, -0.2) is 14.4 Å². The monoisotopic (exact) mass is 222 g/mol. The quantitative estimate of drug-likeness (QED) is 0.693. The minimum Gasteiger partial charge on any atom is -0.233 e. The van der Waals surface area contributed by atoms with E-state index in [1.54, 1.807) is 18.2 Å². The van der Waals surface area contributed by atoms with Gasteiger partial charge in [-0.2, -0.15) is 0 Å². The van der Waals surface area contributed by atoms with Gasteiger partial charge in [-0.3, -0.25) is 0 Å². The lowest BCUT2D eigenvalue weighted by molar-refractivity contribution is 0.628. The van der Waals surface area contributed by atoms with Crippen molar-refractivity contribution in [2.75, 3.05) is 0 Å². The van der Waals surface area contributed by atoms with Gasteiger partial charge in [-0.1, -0.05) is 11.6 Å². The van der Waals surface area contributed by atoms with E-state index in [-0.39, 0.29) is 5.82 Å². The number of halogens is 2. The van der Waals surface area contributed by atoms with Crippen molar-refractivity contribution in [2.24, 2.45) is 0 Å². The maximum atomic E-state index is 12.7. The minimum atomic E-state index is -0.280. The van der Waals surface area contributed by atoms with Crippen LogP contribution in [-0.2, 0) is 0 Å². The van der Waals surface area contributed by atoms with E-state index in [0.29, 0.717) is 11.0 Å². The van der Waals surface area contributed by atoms with Crippen molar-refractivity contribution in [3.05, 3.63) is 47.0 Å². The van der Waals surface area contributed by atoms with Gasteiger partial charge in [0.05, 0.1) is 0 Å². The summed E-state index contributed by atoms with van der Waals surface area (Å²) in [6.07, 6.45) is 0. The molecular formula is C11H8ClFN2. The van der Waals surface area contributed by atoms with Gasteiger partial charge in [0.15, 0.2) is 5.82 Å². The van der Waals surface area contributed by atoms with E-state index in [2.05, 4.69) is 9.97 Å². The van der Waals surface area contributed by atoms with Crippen LogP contribution in [0.1, 0.15) is 5.69 Å². The van der Waals surface area contributed by atoms with Gasteiger partial charge in [0.2, 0.25) is 0 Å². The van der Waals surface area contributed by atoms with Gasteiger partial charge in [0.25, 0.3) is 0 Å². The topological polar surface area (TPSA) is 25.8 Å². The van der Waals surface area contributed by atoms with E-state index in [0.717, 1.165) is 11.3 Å². The number of hydrogen-bond acceptors (Lipinski definition) is 2. The van der Waals surface area contributed by atoms with Crippen molar-refractivity contribution in [3.63, 3.8) is 0 Å². The number of aryl methyl sites for hydroxylation is 1. The van der Waals surface area contributed by atoms with E-state index < -0.39 is 0 Å². The number of hydrogen-bond donors (Lipinski definition) is 0. The first-order chi connectivity index (χ1) is 7.15. The average Bonchev–Trinajstić information content (AvgIpc) is 2.17. The molecule has 76 valence electrons. The highest BCUT2D eigenvalue weighted by atomic mass is 35.5. The van der Waals surface area contributed by atoms with Gasteiger partial charge in [0, 0.05) is 11.3 Å². The van der Waals surface area contributed by atoms with Crippen LogP contribution < -0.4 is 0 Å². The smallest absolute Gasteiger partial charge is 0.161 e. The average molecular weight is 223 g/mol. The summed E-state index contributed by atoms with van der Waals surface area (Å²) < 4.78 is 12.7. The summed E-state index contributed by atoms with van der Waals surface area (Å²) in [5, 5.41) is 0.391. The Morgan fingerprint density at radius 2 is 1.80 bits per heavy atom. The van der Waals surface area contributed by atoms with Crippen LogP contribution in [0, 0.1) is 12.7 Å². The SMILES string of the molecule is Cc1cc(Cl)nc(-c2ccc(F)cc2)n1. The highest BCUT2D eigenvalue weighted by Gasteiger charge is 2.03. The summed E-state index contributed by atoms with van der Waals surface area (Å²) in [7, 11) is 0. The zero-order chi connectivity index (χ0) is 10.8. The molecule has 0 bridgehead atoms. The van der Waals surface area contributed by atoms with Crippen molar-refractivity contribution in [1.29, 1.82) is 0 Å². The fraction of sp³-hybridized carbons (Fsp3) is 0.0909. The van der Waals surface area contributed by atoms with Crippen LogP contribution in [0.5, 0.6) is 0 Å². The van der Waals surface area contributed by atoms with Crippen molar-refractivity contribution in [3.8, 4) is 11.4 Å². The molecule has 2 nitrogen and oxygen atoms in total. The largest absolute Gasteiger partial charge is 0.233 e. The van der Waals surface area contributed by atoms with Crippen LogP contribution in [0.3, 0.4) is 0 Å². The van der Waals surface area contributed by atoms with Gasteiger partial charge in [0.1, 0.15) is 11.0 Å². The molecule has 0 radical (unpaired) electrons. The lowest BCUT2D eigenvalue weighted by Gasteiger charge is -2.01. The molecule has 0 saturated heterocycles. The molecule has 0 amide bonds. The molecule has 4 heteroatoms. The van der Waals surface area contributed by atoms with Crippen molar-refractivity contribution in [1.82, 2.24) is 9.97 Å². The molecule has 0 saturated carbocycles. The number of benzene rings is 1. The Hall–Kier alpha value is -1.48. The molecule has 0 aliphatic heterocycles. The number of rotatable bonds is 1. The van der Waals surface area contributed by atoms with E-state index in [1.807, 2.05) is 6.92 Å². The molecule has 1 aromatic carbocycles. The Morgan fingerprint density at radius 1 is 1.13 bits per heavy atom. The lowest BCUT2D eigenvalue weighted by Crippen LogP contribution is -1.92. The fourth-order valence-corrected chi connectivity index (χ4v) is 1.50. The van der Waals surface area contributed by atoms with Crippen molar-refractivity contribution >= 4 is 11.6 Å². The zero-order valence-electron chi connectivity index (χ0n) is 8.04. The highest BCUT2D eigenvalue weighted by Crippen LogP contribution is 2.18. The van der Waals surface area contributed by atoms with E-state index >= 15 is 0 Å². The number of aromatic nitrogens is 2. The summed E-state index contributed by atoms with van der Waals surface area (Å²) >= 11 is 5.81. The van der Waals surface area contributed by atoms with Gasteiger partial charge >= 0.3 is 0 Å². The van der Waals surface area contributed by atoms with Crippen LogP contribution in [-0.4, -0.2) is 9.97 Å². The van der Waals surface area contributed by atoms with Crippen LogP contribution in [0.4, 0.5) is 4.39 Å². The Balaban J connectivity index is 2.49. The first-order valence-electron chi connectivity index (χ1n) is 4.42. The predicted molar refractivity (Wildman–Crippen MR) is 57.2 cm³/mol. The molecular weight excluding hydrogens is 215 g/mol. The first kappa shape index (κ1) is 10.1. The third kappa shape index (κ3) is 2.30. The Labute approximate surface area is 91.8 Å². The second-order valence-corrected chi connectivity index (χ2v) is 3.55. The van der Waals surface area contributed by atoms with Gasteiger partial charge in [-0.05, 0) is 37.3 Å². The second kappa shape index (κ2) is 3.95. The summed E-state index contributed by atoms with van der Waals surface area (Å²) in [4.78, 5) is 8.28. The van der Waals surface area contributed by atoms with E-state index in [4.69, 9.17) is 11.6 Å². The lowest BCUT2D eigenvalue weighted by atomic mass is 10.2. The van der Waals surface area contributed by atoms with Crippen molar-refractivity contribution < 1.29 is 4.39 Å². The van der Waals surface area contributed by atoms with Crippen LogP contribution in [0.15, 0.2) is 30.3 Å². The van der Waals surface area contributed by atoms with Crippen LogP contribution >= 0.6 is 11.6 Å². The normalized spacial score (nSPS) is 10.3. The number of nitrogens with zero attached hydrogens (tertiary/aromatic N) is 2. The third-order valence-corrected chi connectivity index (χ3v) is 2.12. The third-order valence-electron chi connectivity index (χ3n) is 1.93. The molecule has 1 heterocycles. The Kier molecular flexibility index (Phi) is 2.64. The maximum Gasteiger partial charge on any atom is 0.161 e. The molecule has 2 aromatic rings. The van der Waals surface area contributed by atoms with E-state index in [1.165, 1.54) is 12.1 Å². The molecule has 0 aliphatic carbocycles. The summed E-state index contributed by atoms with van der Waals surface area (Å²) in [5.74, 6) is 0.234. The molecule has 1 aromatic heterocycles. The summed E-state index contributed by atoms with van der Waals surface area (Å²) in [6, 6.07) is 7.67. The molecule has 0 N–H and O–H groups in total. The van der Waals surface area contributed by atoms with Crippen LogP contribution in [0.2, 0.25) is 5.15 Å². The molecule has 0 aliphatic rings. The molecule has 0 unspecified atom stereocenters. The Morgan fingerprint density at radius 3 is 2.40 bits per heavy atom. The van der Waals surface area contributed by atoms with Crippen LogP contribution in [0.25, 0.3) is 11.4 Å². The van der Waals surface area contributed by atoms with E-state index in [9.17, 15) is 4.39 Å². The second-order valence-electron chi connectivity index (χ2n) is 3.16. The minimum absolute atomic E-state index is 0.280. The summed E-state index contributed by atoms with van der Waals surface area (Å²) in [6.45, 7) is 1.83. The standard InChI is InChI=1S/C11H8ClFN2/c1-7-6-10(12)15-11(14-7)8-2-4-9(13)5-3-8/h2-6H,1H3. The molecule has 0 spiro atoms. The molecule has 2 rings (SSSR count). The van der Waals surface area contributed by atoms with Gasteiger partial charge < -0.3 is 0 Å². The molecule has 15 heavy (non-hydrogen) atoms. The van der Waals surface area contributed by atoms with Crippen molar-refractivity contribution in [2.45, 2.75) is 6.92 Å². The van der Waals surface area contributed by atoms with Gasteiger partial charge in [-0.15, -0.1) is 0 Å². The zero-order valence-corrected chi connectivity index (χ0v) is 8.79. The highest BCUT2D eigenvalue weighted by molar-refractivity contribution is 6.29. The maximum absolute atomic E-state index is 12.7. The molecule has 0 fully saturated rings. The molecule has 0 atom stereocenters. The fourth-order valence-electron chi connectivity index (χ4n) is 1.26. The Bertz CT molecular complexity index is 462. The summed E-state index contributed by atoms with van der Waals surface area (Å²) in [5.41, 5.74) is 1.54.